The molecule has 128 valence electrons. The highest BCUT2D eigenvalue weighted by Crippen LogP contribution is 2.26. The Hall–Kier alpha value is -3.47. The van der Waals surface area contributed by atoms with E-state index < -0.39 is 23.3 Å². The maximum Gasteiger partial charge on any atom is 0.310 e. The van der Waals surface area contributed by atoms with Crippen molar-refractivity contribution >= 4 is 17.3 Å². The van der Waals surface area contributed by atoms with Gasteiger partial charge in [0, 0.05) is 18.3 Å². The molecule has 0 saturated carbocycles. The van der Waals surface area contributed by atoms with Crippen LogP contribution in [0.2, 0.25) is 0 Å². The van der Waals surface area contributed by atoms with E-state index in [9.17, 15) is 19.3 Å². The summed E-state index contributed by atoms with van der Waals surface area (Å²) in [5.74, 6) is -0.979. The van der Waals surface area contributed by atoms with E-state index in [2.05, 4.69) is 0 Å². The second-order valence-corrected chi connectivity index (χ2v) is 4.94. The molecule has 0 aliphatic carbocycles. The Balaban J connectivity index is 2.13. The van der Waals surface area contributed by atoms with Crippen LogP contribution in [0.15, 0.2) is 48.5 Å². The number of hydrogen-bond donors (Lipinski definition) is 0. The summed E-state index contributed by atoms with van der Waals surface area (Å²) in [6.07, 6.45) is 0.0780. The van der Waals surface area contributed by atoms with Crippen LogP contribution in [0.5, 0.6) is 5.75 Å². The lowest BCUT2D eigenvalue weighted by Gasteiger charge is -2.21. The van der Waals surface area contributed by atoms with E-state index in [-0.39, 0.29) is 24.4 Å². The molecule has 0 radical (unpaired) electrons. The maximum absolute atomic E-state index is 13.0. The van der Waals surface area contributed by atoms with E-state index in [0.29, 0.717) is 5.69 Å². The summed E-state index contributed by atoms with van der Waals surface area (Å²) in [5, 5.41) is 19.7. The Morgan fingerprint density at radius 1 is 1.24 bits per heavy atom. The average Bonchev–Trinajstić information content (AvgIpc) is 2.61. The first-order valence-electron chi connectivity index (χ1n) is 7.32. The summed E-state index contributed by atoms with van der Waals surface area (Å²) in [5.41, 5.74) is 0.161. The zero-order valence-electron chi connectivity index (χ0n) is 13.1. The molecule has 0 fully saturated rings. The van der Waals surface area contributed by atoms with Gasteiger partial charge in [-0.05, 0) is 30.3 Å². The molecule has 0 bridgehead atoms. The normalized spacial score (nSPS) is 9.92. The molecule has 8 heteroatoms. The Bertz CT molecular complexity index is 802. The number of hydrogen-bond acceptors (Lipinski definition) is 5. The van der Waals surface area contributed by atoms with Gasteiger partial charge in [0.05, 0.1) is 17.4 Å². The fourth-order valence-corrected chi connectivity index (χ4v) is 2.13. The second kappa shape index (κ2) is 8.40. The molecule has 0 aliphatic rings. The van der Waals surface area contributed by atoms with Gasteiger partial charge in [0.2, 0.25) is 0 Å². The second-order valence-electron chi connectivity index (χ2n) is 4.94. The third kappa shape index (κ3) is 4.75. The van der Waals surface area contributed by atoms with E-state index in [0.717, 1.165) is 0 Å². The van der Waals surface area contributed by atoms with Crippen molar-refractivity contribution in [1.82, 2.24) is 0 Å². The lowest BCUT2D eigenvalue weighted by Crippen LogP contribution is -2.35. The maximum atomic E-state index is 13.0. The molecular weight excluding hydrogens is 329 g/mol. The highest BCUT2D eigenvalue weighted by atomic mass is 19.1. The molecule has 0 atom stereocenters. The van der Waals surface area contributed by atoms with Crippen molar-refractivity contribution in [2.75, 3.05) is 18.1 Å². The molecule has 0 spiro atoms. The van der Waals surface area contributed by atoms with Gasteiger partial charge in [-0.3, -0.25) is 14.9 Å². The van der Waals surface area contributed by atoms with Crippen LogP contribution < -0.4 is 9.64 Å². The molecule has 0 unspecified atom stereocenters. The number of carbonyl (C=O) groups is 1. The van der Waals surface area contributed by atoms with Crippen molar-refractivity contribution in [3.8, 4) is 11.8 Å². The van der Waals surface area contributed by atoms with Gasteiger partial charge in [0.15, 0.2) is 12.4 Å². The van der Waals surface area contributed by atoms with Crippen LogP contribution >= 0.6 is 0 Å². The number of ether oxygens (including phenoxy) is 1. The van der Waals surface area contributed by atoms with Crippen LogP contribution in [0, 0.1) is 27.3 Å². The lowest BCUT2D eigenvalue weighted by molar-refractivity contribution is -0.385. The number of halogens is 1. The zero-order chi connectivity index (χ0) is 18.2. The van der Waals surface area contributed by atoms with E-state index in [4.69, 9.17) is 10.00 Å². The molecule has 0 saturated heterocycles. The molecule has 2 rings (SSSR count). The molecule has 1 amide bonds. The molecule has 0 aliphatic heterocycles. The van der Waals surface area contributed by atoms with Crippen LogP contribution in [0.3, 0.4) is 0 Å². The quantitative estimate of drug-likeness (QED) is 0.568. The summed E-state index contributed by atoms with van der Waals surface area (Å²) >= 11 is 0. The number of para-hydroxylation sites is 2. The number of nitro groups is 1. The van der Waals surface area contributed by atoms with Crippen molar-refractivity contribution in [2.24, 2.45) is 0 Å². The molecule has 2 aromatic rings. The van der Waals surface area contributed by atoms with Crippen LogP contribution in [-0.2, 0) is 4.79 Å². The van der Waals surface area contributed by atoms with Gasteiger partial charge in [0.25, 0.3) is 5.91 Å². The van der Waals surface area contributed by atoms with Gasteiger partial charge >= 0.3 is 5.69 Å². The number of anilines is 1. The van der Waals surface area contributed by atoms with Crippen molar-refractivity contribution in [3.63, 3.8) is 0 Å². The summed E-state index contributed by atoms with van der Waals surface area (Å²) in [6, 6.07) is 12.9. The van der Waals surface area contributed by atoms with Crippen molar-refractivity contribution < 1.29 is 18.8 Å². The number of carbonyl (C=O) groups excluding carboxylic acids is 1. The van der Waals surface area contributed by atoms with Gasteiger partial charge in [-0.25, -0.2) is 4.39 Å². The summed E-state index contributed by atoms with van der Waals surface area (Å²) in [4.78, 5) is 24.0. The van der Waals surface area contributed by atoms with Gasteiger partial charge in [-0.2, -0.15) is 5.26 Å². The fraction of sp³-hybridized carbons (Fsp3) is 0.176. The first kappa shape index (κ1) is 17.9. The highest BCUT2D eigenvalue weighted by Gasteiger charge is 2.19. The van der Waals surface area contributed by atoms with Gasteiger partial charge < -0.3 is 9.64 Å². The fourth-order valence-electron chi connectivity index (χ4n) is 2.13. The van der Waals surface area contributed by atoms with Crippen molar-refractivity contribution in [3.05, 3.63) is 64.5 Å². The third-order valence-electron chi connectivity index (χ3n) is 3.30. The smallest absolute Gasteiger partial charge is 0.310 e. The number of benzene rings is 2. The van der Waals surface area contributed by atoms with E-state index in [1.54, 1.807) is 6.07 Å². The van der Waals surface area contributed by atoms with Gasteiger partial charge in [0.1, 0.15) is 5.82 Å². The molecule has 7 nitrogen and oxygen atoms in total. The van der Waals surface area contributed by atoms with Crippen molar-refractivity contribution in [2.45, 2.75) is 6.42 Å². The molecule has 0 aromatic heterocycles. The minimum Gasteiger partial charge on any atom is -0.477 e. The van der Waals surface area contributed by atoms with Crippen LogP contribution in [0.4, 0.5) is 15.8 Å². The zero-order valence-corrected chi connectivity index (χ0v) is 13.1. The predicted octanol–water partition coefficient (Wildman–Crippen LogP) is 3.06. The molecular formula is C17H14FN3O4. The topological polar surface area (TPSA) is 96.5 Å². The van der Waals surface area contributed by atoms with Crippen LogP contribution in [0.1, 0.15) is 6.42 Å². The minimum absolute atomic E-state index is 0.0276. The third-order valence-corrected chi connectivity index (χ3v) is 3.30. The van der Waals surface area contributed by atoms with Crippen LogP contribution in [0.25, 0.3) is 0 Å². The first-order chi connectivity index (χ1) is 12.0. The molecule has 25 heavy (non-hydrogen) atoms. The number of nitro benzene ring substituents is 1. The number of amides is 1. The number of nitriles is 1. The molecule has 2 aromatic carbocycles. The number of rotatable bonds is 7. The Labute approximate surface area is 143 Å². The van der Waals surface area contributed by atoms with E-state index in [1.807, 2.05) is 6.07 Å². The monoisotopic (exact) mass is 343 g/mol. The van der Waals surface area contributed by atoms with Gasteiger partial charge in [-0.15, -0.1) is 0 Å². The minimum atomic E-state index is -0.604. The average molecular weight is 343 g/mol. The summed E-state index contributed by atoms with van der Waals surface area (Å²) < 4.78 is 18.3. The first-order valence-corrected chi connectivity index (χ1v) is 7.32. The Morgan fingerprint density at radius 3 is 2.56 bits per heavy atom. The predicted molar refractivity (Wildman–Crippen MR) is 87.6 cm³/mol. The Kier molecular flexibility index (Phi) is 6.01. The molecule has 0 heterocycles. The van der Waals surface area contributed by atoms with Gasteiger partial charge in [-0.1, -0.05) is 12.1 Å². The van der Waals surface area contributed by atoms with Crippen molar-refractivity contribution in [1.29, 1.82) is 5.26 Å². The van der Waals surface area contributed by atoms with Crippen LogP contribution in [-0.4, -0.2) is 24.0 Å². The van der Waals surface area contributed by atoms with E-state index >= 15 is 0 Å². The Morgan fingerprint density at radius 2 is 1.92 bits per heavy atom. The largest absolute Gasteiger partial charge is 0.477 e. The molecule has 0 N–H and O–H groups in total. The lowest BCUT2D eigenvalue weighted by atomic mass is 10.2. The highest BCUT2D eigenvalue weighted by molar-refractivity contribution is 5.94. The summed E-state index contributed by atoms with van der Waals surface area (Å²) in [7, 11) is 0. The SMILES string of the molecule is N#CCCN(C(=O)COc1ccccc1[N+](=O)[O-])c1ccc(F)cc1. The van der Waals surface area contributed by atoms with E-state index in [1.165, 1.54) is 47.4 Å². The summed E-state index contributed by atoms with van der Waals surface area (Å²) in [6.45, 7) is -0.352. The standard InChI is InChI=1S/C17H14FN3O4/c18-13-6-8-14(9-7-13)20(11-3-10-19)17(22)12-25-16-5-2-1-4-15(16)21(23)24/h1-2,4-9H,3,11-12H2. The number of nitrogens with zero attached hydrogens (tertiary/aromatic N) is 3.